The van der Waals surface area contributed by atoms with Crippen LogP contribution in [0.5, 0.6) is 0 Å². The molecule has 0 aliphatic rings. The number of nitrogens with one attached hydrogen (secondary N) is 1. The normalized spacial score (nSPS) is 10.9. The van der Waals surface area contributed by atoms with Crippen molar-refractivity contribution in [3.8, 4) is 11.3 Å². The van der Waals surface area contributed by atoms with Crippen LogP contribution in [0.4, 0.5) is 5.69 Å². The lowest BCUT2D eigenvalue weighted by atomic mass is 10.1. The van der Waals surface area contributed by atoms with Crippen LogP contribution in [-0.4, -0.2) is 32.0 Å². The van der Waals surface area contributed by atoms with Crippen LogP contribution >= 0.6 is 11.8 Å². The van der Waals surface area contributed by atoms with Gasteiger partial charge in [-0.3, -0.25) is 4.79 Å². The molecule has 0 unspecified atom stereocenters. The van der Waals surface area contributed by atoms with E-state index in [4.69, 9.17) is 0 Å². The van der Waals surface area contributed by atoms with Crippen LogP contribution in [-0.2, 0) is 0 Å². The summed E-state index contributed by atoms with van der Waals surface area (Å²) in [4.78, 5) is 13.5. The Bertz CT molecular complexity index is 1120. The summed E-state index contributed by atoms with van der Waals surface area (Å²) in [6.07, 6.45) is 1.96. The van der Waals surface area contributed by atoms with E-state index in [1.54, 1.807) is 16.3 Å². The van der Waals surface area contributed by atoms with Gasteiger partial charge in [-0.05, 0) is 49.6 Å². The third-order valence-corrected chi connectivity index (χ3v) is 5.00. The fourth-order valence-electron chi connectivity index (χ4n) is 2.81. The number of rotatable bonds is 4. The Balaban J connectivity index is 1.56. The number of nitrogens with zero attached hydrogens (tertiary/aromatic N) is 4. The standard InChI is InChI=1S/C20H17N5OS/c1-13-22-23-19-12-11-17(24-25(13)19)14-7-9-15(10-8-14)21-20(26)16-5-3-4-6-18(16)27-2/h3-12H,1-2H3,(H,21,26). The van der Waals surface area contributed by atoms with Gasteiger partial charge in [-0.15, -0.1) is 22.0 Å². The molecule has 0 radical (unpaired) electrons. The van der Waals surface area contributed by atoms with E-state index in [-0.39, 0.29) is 5.91 Å². The van der Waals surface area contributed by atoms with E-state index in [1.807, 2.05) is 73.8 Å². The molecule has 1 N–H and O–H groups in total. The summed E-state index contributed by atoms with van der Waals surface area (Å²) in [7, 11) is 0. The van der Waals surface area contributed by atoms with Crippen molar-refractivity contribution in [2.75, 3.05) is 11.6 Å². The summed E-state index contributed by atoms with van der Waals surface area (Å²) >= 11 is 1.56. The van der Waals surface area contributed by atoms with Gasteiger partial charge in [0.2, 0.25) is 0 Å². The highest BCUT2D eigenvalue weighted by atomic mass is 32.2. The number of carbonyl (C=O) groups excluding carboxylic acids is 1. The molecule has 0 spiro atoms. The second-order valence-electron chi connectivity index (χ2n) is 5.97. The monoisotopic (exact) mass is 375 g/mol. The first-order valence-electron chi connectivity index (χ1n) is 8.39. The van der Waals surface area contributed by atoms with Crippen LogP contribution < -0.4 is 5.32 Å². The Morgan fingerprint density at radius 2 is 1.78 bits per heavy atom. The molecule has 0 aliphatic heterocycles. The molecule has 0 atom stereocenters. The third-order valence-electron chi connectivity index (χ3n) is 4.21. The molecule has 0 saturated heterocycles. The first-order chi connectivity index (χ1) is 13.2. The van der Waals surface area contributed by atoms with Crippen LogP contribution in [0.3, 0.4) is 0 Å². The largest absolute Gasteiger partial charge is 0.322 e. The quantitative estimate of drug-likeness (QED) is 0.544. The smallest absolute Gasteiger partial charge is 0.256 e. The van der Waals surface area contributed by atoms with E-state index in [9.17, 15) is 4.79 Å². The van der Waals surface area contributed by atoms with Crippen molar-refractivity contribution >= 4 is 29.0 Å². The molecule has 2 heterocycles. The molecule has 0 bridgehead atoms. The lowest BCUT2D eigenvalue weighted by Gasteiger charge is -2.09. The van der Waals surface area contributed by atoms with Crippen molar-refractivity contribution in [3.63, 3.8) is 0 Å². The van der Waals surface area contributed by atoms with Crippen molar-refractivity contribution < 1.29 is 4.79 Å². The van der Waals surface area contributed by atoms with Gasteiger partial charge in [0.05, 0.1) is 11.3 Å². The van der Waals surface area contributed by atoms with Gasteiger partial charge < -0.3 is 5.32 Å². The molecular formula is C20H17N5OS. The van der Waals surface area contributed by atoms with Crippen LogP contribution in [0.15, 0.2) is 65.6 Å². The molecule has 134 valence electrons. The Kier molecular flexibility index (Phi) is 4.60. The molecular weight excluding hydrogens is 358 g/mol. The number of hydrogen-bond acceptors (Lipinski definition) is 5. The van der Waals surface area contributed by atoms with Gasteiger partial charge in [0.25, 0.3) is 5.91 Å². The lowest BCUT2D eigenvalue weighted by Crippen LogP contribution is -2.12. The maximum atomic E-state index is 12.5. The topological polar surface area (TPSA) is 72.2 Å². The third kappa shape index (κ3) is 3.41. The van der Waals surface area contributed by atoms with E-state index < -0.39 is 0 Å². The average Bonchev–Trinajstić information content (AvgIpc) is 3.09. The summed E-state index contributed by atoms with van der Waals surface area (Å²) in [5.74, 6) is 0.621. The number of amides is 1. The minimum Gasteiger partial charge on any atom is -0.322 e. The zero-order valence-corrected chi connectivity index (χ0v) is 15.7. The second kappa shape index (κ2) is 7.20. The minimum absolute atomic E-state index is 0.118. The summed E-state index contributed by atoms with van der Waals surface area (Å²) in [6, 6.07) is 19.0. The summed E-state index contributed by atoms with van der Waals surface area (Å²) in [5, 5.41) is 15.6. The van der Waals surface area contributed by atoms with Crippen LogP contribution in [0.25, 0.3) is 16.9 Å². The number of fused-ring (bicyclic) bond motifs is 1. The van der Waals surface area contributed by atoms with Crippen molar-refractivity contribution in [2.45, 2.75) is 11.8 Å². The van der Waals surface area contributed by atoms with E-state index >= 15 is 0 Å². The van der Waals surface area contributed by atoms with Crippen LogP contribution in [0.1, 0.15) is 16.2 Å². The highest BCUT2D eigenvalue weighted by Gasteiger charge is 2.11. The zero-order chi connectivity index (χ0) is 18.8. The number of thioether (sulfide) groups is 1. The Morgan fingerprint density at radius 3 is 2.56 bits per heavy atom. The summed E-state index contributed by atoms with van der Waals surface area (Å²) in [5.41, 5.74) is 3.89. The van der Waals surface area contributed by atoms with Gasteiger partial charge in [0, 0.05) is 16.1 Å². The lowest BCUT2D eigenvalue weighted by molar-refractivity contribution is 0.102. The van der Waals surface area contributed by atoms with Crippen molar-refractivity contribution in [1.29, 1.82) is 0 Å². The van der Waals surface area contributed by atoms with Gasteiger partial charge in [-0.1, -0.05) is 24.3 Å². The molecule has 2 aromatic heterocycles. The van der Waals surface area contributed by atoms with E-state index in [0.717, 1.165) is 27.7 Å². The van der Waals surface area contributed by atoms with Crippen LogP contribution in [0, 0.1) is 6.92 Å². The van der Waals surface area contributed by atoms with Gasteiger partial charge in [0.15, 0.2) is 11.5 Å². The fraction of sp³-hybridized carbons (Fsp3) is 0.100. The molecule has 4 rings (SSSR count). The average molecular weight is 375 g/mol. The summed E-state index contributed by atoms with van der Waals surface area (Å²) in [6.45, 7) is 1.86. The number of aromatic nitrogens is 4. The van der Waals surface area contributed by atoms with E-state index in [1.165, 1.54) is 0 Å². The molecule has 0 saturated carbocycles. The number of aryl methyl sites for hydroxylation is 1. The number of anilines is 1. The van der Waals surface area contributed by atoms with Gasteiger partial charge in [-0.2, -0.15) is 9.61 Å². The summed E-state index contributed by atoms with van der Waals surface area (Å²) < 4.78 is 1.71. The van der Waals surface area contributed by atoms with Crippen molar-refractivity contribution in [3.05, 3.63) is 72.1 Å². The molecule has 6 nitrogen and oxygen atoms in total. The van der Waals surface area contributed by atoms with Crippen molar-refractivity contribution in [1.82, 2.24) is 19.8 Å². The second-order valence-corrected chi connectivity index (χ2v) is 6.82. The predicted molar refractivity (Wildman–Crippen MR) is 107 cm³/mol. The van der Waals surface area contributed by atoms with Gasteiger partial charge in [-0.25, -0.2) is 0 Å². The highest BCUT2D eigenvalue weighted by molar-refractivity contribution is 7.98. The van der Waals surface area contributed by atoms with Gasteiger partial charge in [0.1, 0.15) is 0 Å². The maximum Gasteiger partial charge on any atom is 0.256 e. The van der Waals surface area contributed by atoms with Gasteiger partial charge >= 0.3 is 0 Å². The Labute approximate surface area is 160 Å². The molecule has 2 aromatic carbocycles. The molecule has 0 aliphatic carbocycles. The van der Waals surface area contributed by atoms with Crippen molar-refractivity contribution in [2.24, 2.45) is 0 Å². The molecule has 27 heavy (non-hydrogen) atoms. The fourth-order valence-corrected chi connectivity index (χ4v) is 3.40. The molecule has 1 amide bonds. The Morgan fingerprint density at radius 1 is 1.00 bits per heavy atom. The Hall–Kier alpha value is -3.19. The number of carbonyl (C=O) groups is 1. The number of benzene rings is 2. The highest BCUT2D eigenvalue weighted by Crippen LogP contribution is 2.23. The minimum atomic E-state index is -0.118. The van der Waals surface area contributed by atoms with E-state index in [0.29, 0.717) is 11.2 Å². The molecule has 4 aromatic rings. The predicted octanol–water partition coefficient (Wildman–Crippen LogP) is 4.07. The van der Waals surface area contributed by atoms with E-state index in [2.05, 4.69) is 20.6 Å². The molecule has 0 fully saturated rings. The first-order valence-corrected chi connectivity index (χ1v) is 9.62. The van der Waals surface area contributed by atoms with Crippen LogP contribution in [0.2, 0.25) is 0 Å². The zero-order valence-electron chi connectivity index (χ0n) is 14.9. The first kappa shape index (κ1) is 17.2. The maximum absolute atomic E-state index is 12.5. The molecule has 7 heteroatoms. The SMILES string of the molecule is CSc1ccccc1C(=O)Nc1ccc(-c2ccc3nnc(C)n3n2)cc1. The number of hydrogen-bond donors (Lipinski definition) is 1.